The van der Waals surface area contributed by atoms with Crippen LogP contribution in [0.3, 0.4) is 0 Å². The van der Waals surface area contributed by atoms with E-state index >= 15 is 8.78 Å². The van der Waals surface area contributed by atoms with Crippen molar-refractivity contribution in [2.75, 3.05) is 43.0 Å². The Hall–Kier alpha value is -4.40. The Kier molecular flexibility index (Phi) is 8.18. The van der Waals surface area contributed by atoms with E-state index in [9.17, 15) is 27.2 Å². The number of carbonyl (C=O) groups is 1. The highest BCUT2D eigenvalue weighted by molar-refractivity contribution is 5.94. The number of anilines is 2. The number of rotatable bonds is 5. The number of pyridine rings is 1. The molecule has 9 nitrogen and oxygen atoms in total. The number of primary amides is 1. The van der Waals surface area contributed by atoms with Gasteiger partial charge in [-0.25, -0.2) is 23.1 Å². The Labute approximate surface area is 248 Å². The van der Waals surface area contributed by atoms with Crippen molar-refractivity contribution in [1.82, 2.24) is 19.4 Å². The molecule has 0 bridgehead atoms. The van der Waals surface area contributed by atoms with Crippen LogP contribution in [-0.2, 0) is 6.18 Å². The molecule has 0 aliphatic carbocycles. The summed E-state index contributed by atoms with van der Waals surface area (Å²) < 4.78 is 87.5. The van der Waals surface area contributed by atoms with Crippen LogP contribution in [0, 0.1) is 17.5 Å². The molecule has 2 N–H and O–H groups in total. The van der Waals surface area contributed by atoms with Crippen LogP contribution in [0.2, 0.25) is 0 Å². The molecule has 1 aromatic carbocycles. The van der Waals surface area contributed by atoms with Gasteiger partial charge >= 0.3 is 6.18 Å². The third-order valence-electron chi connectivity index (χ3n) is 8.16. The van der Waals surface area contributed by atoms with Crippen molar-refractivity contribution in [1.29, 1.82) is 0 Å². The molecule has 1 fully saturated rings. The lowest BCUT2D eigenvalue weighted by molar-refractivity contribution is -0.138. The molecule has 0 unspecified atom stereocenters. The average Bonchev–Trinajstić information content (AvgIpc) is 2.96. The van der Waals surface area contributed by atoms with Crippen molar-refractivity contribution in [3.05, 3.63) is 81.3 Å². The third-order valence-corrected chi connectivity index (χ3v) is 8.16. The number of hydrogen-bond acceptors (Lipinski definition) is 7. The van der Waals surface area contributed by atoms with Crippen molar-refractivity contribution < 1.29 is 31.1 Å². The van der Waals surface area contributed by atoms with Gasteiger partial charge in [0.15, 0.2) is 11.6 Å². The van der Waals surface area contributed by atoms with Crippen LogP contribution in [0.1, 0.15) is 41.8 Å². The summed E-state index contributed by atoms with van der Waals surface area (Å²) in [6, 6.07) is 1.08. The molecule has 44 heavy (non-hydrogen) atoms. The molecule has 0 spiro atoms. The second kappa shape index (κ2) is 11.6. The van der Waals surface area contributed by atoms with E-state index in [1.54, 1.807) is 9.80 Å². The predicted octanol–water partition coefficient (Wildman–Crippen LogP) is 3.99. The minimum atomic E-state index is -5.09. The lowest BCUT2D eigenvalue weighted by Gasteiger charge is -2.44. The molecule has 4 heterocycles. The molecule has 0 saturated carbocycles. The van der Waals surface area contributed by atoms with E-state index in [0.29, 0.717) is 23.9 Å². The van der Waals surface area contributed by atoms with Gasteiger partial charge in [0.1, 0.15) is 11.5 Å². The second-order valence-corrected chi connectivity index (χ2v) is 11.0. The highest BCUT2D eigenvalue weighted by atomic mass is 19.4. The zero-order valence-corrected chi connectivity index (χ0v) is 24.0. The highest BCUT2D eigenvalue weighted by Crippen LogP contribution is 2.38. The molecule has 0 radical (unpaired) electrons. The van der Waals surface area contributed by atoms with Gasteiger partial charge in [0, 0.05) is 56.6 Å². The average molecular weight is 622 g/mol. The van der Waals surface area contributed by atoms with Crippen LogP contribution >= 0.6 is 0 Å². The van der Waals surface area contributed by atoms with Crippen molar-refractivity contribution in [2.45, 2.75) is 38.5 Å². The van der Waals surface area contributed by atoms with Gasteiger partial charge in [-0.1, -0.05) is 6.08 Å². The zero-order valence-electron chi connectivity index (χ0n) is 24.0. The highest BCUT2D eigenvalue weighted by Gasteiger charge is 2.37. The van der Waals surface area contributed by atoms with Crippen LogP contribution < -0.4 is 21.1 Å². The minimum Gasteiger partial charge on any atom is -0.367 e. The first-order valence-corrected chi connectivity index (χ1v) is 13.7. The number of benzene rings is 1. The molecule has 15 heteroatoms. The molecule has 2 atom stereocenters. The van der Waals surface area contributed by atoms with Crippen LogP contribution in [0.4, 0.5) is 38.0 Å². The molecule has 1 amide bonds. The summed E-state index contributed by atoms with van der Waals surface area (Å²) in [5.74, 6) is -4.01. The Morgan fingerprint density at radius 1 is 1.02 bits per heavy atom. The minimum absolute atomic E-state index is 0.0643. The first kappa shape index (κ1) is 31.0. The summed E-state index contributed by atoms with van der Waals surface area (Å²) >= 11 is 0. The number of halogens is 6. The number of alkyl halides is 3. The smallest absolute Gasteiger partial charge is 0.367 e. The fraction of sp³-hybridized carbons (Fsp3) is 0.379. The molecule has 2 aliphatic rings. The van der Waals surface area contributed by atoms with E-state index in [4.69, 9.17) is 5.73 Å². The van der Waals surface area contributed by atoms with E-state index in [0.717, 1.165) is 18.5 Å². The van der Waals surface area contributed by atoms with E-state index in [2.05, 4.69) is 14.9 Å². The summed E-state index contributed by atoms with van der Waals surface area (Å²) in [6.07, 6.45) is -0.908. The second-order valence-electron chi connectivity index (χ2n) is 11.0. The Morgan fingerprint density at radius 2 is 1.66 bits per heavy atom. The number of nitrogens with two attached hydrogens (primary N) is 1. The SMILES string of the molecule is C[C@@H]1CN(c2cc(F)c(C3=CCN(c4ncc(F)cn4)CC3)c(F)c2-n2cc(C(N)=O)c(C(F)(F)F)cc2=O)C[C@H](C)N1C. The number of aromatic nitrogens is 3. The molecule has 234 valence electrons. The molecule has 2 aromatic heterocycles. The Balaban J connectivity index is 1.68. The van der Waals surface area contributed by atoms with Crippen molar-refractivity contribution in [3.8, 4) is 5.69 Å². The van der Waals surface area contributed by atoms with E-state index in [1.807, 2.05) is 20.9 Å². The molecule has 5 rings (SSSR count). The maximum atomic E-state index is 16.7. The van der Waals surface area contributed by atoms with Crippen LogP contribution in [0.5, 0.6) is 0 Å². The Morgan fingerprint density at radius 3 is 2.20 bits per heavy atom. The van der Waals surface area contributed by atoms with Crippen molar-refractivity contribution in [2.24, 2.45) is 5.73 Å². The normalized spacial score (nSPS) is 19.7. The summed E-state index contributed by atoms with van der Waals surface area (Å²) in [7, 11) is 1.90. The largest absolute Gasteiger partial charge is 0.417 e. The zero-order chi connectivity index (χ0) is 32.1. The van der Waals surface area contributed by atoms with Gasteiger partial charge in [0.05, 0.1) is 34.8 Å². The van der Waals surface area contributed by atoms with E-state index in [1.165, 1.54) is 6.08 Å². The monoisotopic (exact) mass is 621 g/mol. The fourth-order valence-electron chi connectivity index (χ4n) is 5.65. The summed E-state index contributed by atoms with van der Waals surface area (Å²) in [6.45, 7) is 4.73. The van der Waals surface area contributed by atoms with E-state index in [-0.39, 0.29) is 54.9 Å². The summed E-state index contributed by atoms with van der Waals surface area (Å²) in [5, 5.41) is 0. The third kappa shape index (κ3) is 5.75. The first-order chi connectivity index (χ1) is 20.7. The fourth-order valence-corrected chi connectivity index (χ4v) is 5.65. The topological polar surface area (TPSA) is 101 Å². The lowest BCUT2D eigenvalue weighted by atomic mass is 9.96. The lowest BCUT2D eigenvalue weighted by Crippen LogP contribution is -2.55. The van der Waals surface area contributed by atoms with Gasteiger partial charge in [0.25, 0.3) is 11.5 Å². The van der Waals surface area contributed by atoms with Gasteiger partial charge in [-0.05, 0) is 32.9 Å². The molecular weight excluding hydrogens is 592 g/mol. The quantitative estimate of drug-likeness (QED) is 0.431. The standard InChI is InChI=1S/C29H29F6N7O2/c1-15-12-41(13-16(2)39(15)3)22-9-21(31)24(17-4-6-40(7-5-17)28-37-10-18(30)11-38-28)25(32)26(22)42-14-19(27(36)44)20(8-23(42)43)29(33,34)35/h4,8-11,14-16H,5-7,12-13H2,1-3H3,(H2,36,44)/t15-,16+. The molecule has 2 aliphatic heterocycles. The van der Waals surface area contributed by atoms with Crippen LogP contribution in [0.15, 0.2) is 41.6 Å². The molecule has 1 saturated heterocycles. The van der Waals surface area contributed by atoms with Crippen LogP contribution in [-0.4, -0.2) is 70.7 Å². The number of likely N-dealkylation sites (N-methyl/N-ethyl adjacent to an activating group) is 1. The predicted molar refractivity (Wildman–Crippen MR) is 151 cm³/mol. The first-order valence-electron chi connectivity index (χ1n) is 13.7. The van der Waals surface area contributed by atoms with Gasteiger partial charge in [-0.2, -0.15) is 13.2 Å². The number of hydrogen-bond donors (Lipinski definition) is 1. The number of nitrogens with zero attached hydrogens (tertiary/aromatic N) is 6. The molecule has 3 aromatic rings. The van der Waals surface area contributed by atoms with Gasteiger partial charge in [-0.3, -0.25) is 19.1 Å². The van der Waals surface area contributed by atoms with Gasteiger partial charge in [-0.15, -0.1) is 0 Å². The number of carbonyl (C=O) groups excluding carboxylic acids is 1. The number of amides is 1. The summed E-state index contributed by atoms with van der Waals surface area (Å²) in [4.78, 5) is 38.5. The maximum Gasteiger partial charge on any atom is 0.417 e. The molecular formula is C29H29F6N7O2. The maximum absolute atomic E-state index is 16.7. The van der Waals surface area contributed by atoms with E-state index < -0.39 is 57.5 Å². The van der Waals surface area contributed by atoms with Gasteiger partial charge in [0.2, 0.25) is 5.95 Å². The Bertz CT molecular complexity index is 1680. The van der Waals surface area contributed by atoms with Crippen molar-refractivity contribution in [3.63, 3.8) is 0 Å². The van der Waals surface area contributed by atoms with Gasteiger partial charge < -0.3 is 15.5 Å². The van der Waals surface area contributed by atoms with Crippen molar-refractivity contribution >= 4 is 23.1 Å². The van der Waals surface area contributed by atoms with Crippen LogP contribution in [0.25, 0.3) is 11.3 Å². The summed E-state index contributed by atoms with van der Waals surface area (Å²) in [5.41, 5.74) is 0.568. The number of piperazine rings is 1.